The standard InChI is InChI=1S/C6H12N2O/c1-7-2-4-8(6-9)5-3-7/h6H,2-5H2,1H3/q+1. The molecule has 3 nitrogen and oxygen atoms in total. The van der Waals surface area contributed by atoms with Gasteiger partial charge in [-0.2, -0.15) is 4.90 Å². The van der Waals surface area contributed by atoms with Crippen molar-refractivity contribution in [3.8, 4) is 0 Å². The Hall–Kier alpha value is -0.570. The van der Waals surface area contributed by atoms with E-state index < -0.39 is 0 Å². The summed E-state index contributed by atoms with van der Waals surface area (Å²) in [5.74, 6) is 0. The van der Waals surface area contributed by atoms with Crippen molar-refractivity contribution in [1.29, 1.82) is 0 Å². The molecule has 1 amide bonds. The van der Waals surface area contributed by atoms with Crippen molar-refractivity contribution in [2.75, 3.05) is 33.2 Å². The predicted molar refractivity (Wildman–Crippen MR) is 35.4 cm³/mol. The number of likely N-dealkylation sites (N-methyl/N-ethyl adjacent to an activating group) is 1. The molecule has 1 fully saturated rings. The molecule has 0 aromatic heterocycles. The van der Waals surface area contributed by atoms with Crippen LogP contribution in [0.2, 0.25) is 0 Å². The molecule has 0 N–H and O–H groups in total. The summed E-state index contributed by atoms with van der Waals surface area (Å²) < 4.78 is 0. The molecule has 0 atom stereocenters. The minimum atomic E-state index is 0.889. The fraction of sp³-hybridized carbons (Fsp3) is 0.833. The quantitative estimate of drug-likeness (QED) is 0.336. The van der Waals surface area contributed by atoms with E-state index in [1.54, 1.807) is 4.90 Å². The number of carbonyl (C=O) groups is 1. The molecule has 9 heavy (non-hydrogen) atoms. The molecule has 0 aliphatic carbocycles. The van der Waals surface area contributed by atoms with Gasteiger partial charge in [-0.05, 0) is 0 Å². The minimum Gasteiger partial charge on any atom is -0.334 e. The normalized spacial score (nSPS) is 22.1. The summed E-state index contributed by atoms with van der Waals surface area (Å²) in [6.45, 7) is 3.80. The maximum atomic E-state index is 10.2. The first-order valence-corrected chi connectivity index (χ1v) is 3.21. The van der Waals surface area contributed by atoms with Crippen molar-refractivity contribution in [1.82, 2.24) is 9.80 Å². The van der Waals surface area contributed by atoms with Crippen LogP contribution in [0.1, 0.15) is 0 Å². The molecule has 0 aromatic carbocycles. The number of rotatable bonds is 1. The Morgan fingerprint density at radius 1 is 1.44 bits per heavy atom. The molecule has 0 saturated carbocycles. The highest BCUT2D eigenvalue weighted by atomic mass is 16.1. The minimum absolute atomic E-state index is 0.889. The molecule has 1 radical (unpaired) electrons. The molecule has 1 saturated heterocycles. The summed E-state index contributed by atoms with van der Waals surface area (Å²) in [7, 11) is 2.07. The predicted octanol–water partition coefficient (Wildman–Crippen LogP) is -0.772. The molecule has 0 bridgehead atoms. The summed E-state index contributed by atoms with van der Waals surface area (Å²) in [6.07, 6.45) is 0.924. The third-order valence-corrected chi connectivity index (χ3v) is 1.69. The number of hydrogen-bond acceptors (Lipinski definition) is 2. The Balaban J connectivity index is 2.26. The third kappa shape index (κ3) is 1.68. The number of nitrogens with zero attached hydrogens (tertiary/aromatic N) is 2. The van der Waals surface area contributed by atoms with E-state index in [2.05, 4.69) is 11.9 Å². The van der Waals surface area contributed by atoms with Crippen molar-refractivity contribution in [3.05, 3.63) is 0 Å². The smallest absolute Gasteiger partial charge is 0.210 e. The van der Waals surface area contributed by atoms with E-state index in [1.165, 1.54) is 0 Å². The van der Waals surface area contributed by atoms with Crippen LogP contribution in [0.25, 0.3) is 0 Å². The zero-order chi connectivity index (χ0) is 6.69. The average Bonchev–Trinajstić information content (AvgIpc) is 1.90. The SMILES string of the molecule is C[N+]1CCN(C=O)CC1. The Morgan fingerprint density at radius 3 is 2.44 bits per heavy atom. The average molecular weight is 128 g/mol. The summed E-state index contributed by atoms with van der Waals surface area (Å²) in [5, 5.41) is 0. The first-order chi connectivity index (χ1) is 4.33. The summed E-state index contributed by atoms with van der Waals surface area (Å²) in [4.78, 5) is 14.2. The molecule has 1 aliphatic rings. The van der Waals surface area contributed by atoms with Gasteiger partial charge in [0, 0.05) is 0 Å². The van der Waals surface area contributed by atoms with Crippen LogP contribution in [0.15, 0.2) is 0 Å². The van der Waals surface area contributed by atoms with Gasteiger partial charge in [-0.15, -0.1) is 0 Å². The molecule has 1 rings (SSSR count). The van der Waals surface area contributed by atoms with Crippen LogP contribution in [-0.4, -0.2) is 44.5 Å². The van der Waals surface area contributed by atoms with E-state index >= 15 is 0 Å². The maximum absolute atomic E-state index is 10.2. The van der Waals surface area contributed by atoms with E-state index in [0.29, 0.717) is 0 Å². The number of carbonyl (C=O) groups excluding carboxylic acids is 1. The van der Waals surface area contributed by atoms with Crippen LogP contribution in [0.3, 0.4) is 0 Å². The fourth-order valence-corrected chi connectivity index (χ4v) is 0.927. The van der Waals surface area contributed by atoms with Gasteiger partial charge in [0.1, 0.15) is 20.1 Å². The summed E-state index contributed by atoms with van der Waals surface area (Å²) >= 11 is 0. The van der Waals surface area contributed by atoms with Gasteiger partial charge < -0.3 is 4.90 Å². The fourth-order valence-electron chi connectivity index (χ4n) is 0.927. The van der Waals surface area contributed by atoms with Gasteiger partial charge in [0.25, 0.3) is 0 Å². The number of amides is 1. The van der Waals surface area contributed by atoms with Crippen LogP contribution in [-0.2, 0) is 4.79 Å². The van der Waals surface area contributed by atoms with E-state index in [-0.39, 0.29) is 0 Å². The van der Waals surface area contributed by atoms with E-state index in [9.17, 15) is 4.79 Å². The zero-order valence-electron chi connectivity index (χ0n) is 5.71. The monoisotopic (exact) mass is 128 g/mol. The van der Waals surface area contributed by atoms with Crippen LogP contribution >= 0.6 is 0 Å². The van der Waals surface area contributed by atoms with E-state index in [1.807, 2.05) is 0 Å². The van der Waals surface area contributed by atoms with E-state index in [0.717, 1.165) is 32.6 Å². The van der Waals surface area contributed by atoms with Gasteiger partial charge in [-0.3, -0.25) is 4.79 Å². The van der Waals surface area contributed by atoms with Crippen molar-refractivity contribution in [2.45, 2.75) is 0 Å². The lowest BCUT2D eigenvalue weighted by atomic mass is 10.4. The molecule has 0 unspecified atom stereocenters. The molecule has 1 heterocycles. The zero-order valence-corrected chi connectivity index (χ0v) is 5.71. The Kier molecular flexibility index (Phi) is 2.05. The molecule has 51 valence electrons. The molecule has 0 spiro atoms. The second kappa shape index (κ2) is 2.82. The largest absolute Gasteiger partial charge is 0.334 e. The lowest BCUT2D eigenvalue weighted by molar-refractivity contribution is -0.118. The first-order valence-electron chi connectivity index (χ1n) is 3.21. The Labute approximate surface area is 55.2 Å². The summed E-state index contributed by atoms with van der Waals surface area (Å²) in [5.41, 5.74) is 0. The molecule has 0 aromatic rings. The molecule has 3 heteroatoms. The van der Waals surface area contributed by atoms with Crippen molar-refractivity contribution in [3.63, 3.8) is 0 Å². The first kappa shape index (κ1) is 6.55. The highest BCUT2D eigenvalue weighted by molar-refractivity contribution is 5.47. The van der Waals surface area contributed by atoms with Crippen LogP contribution in [0, 0.1) is 0 Å². The molecule has 1 aliphatic heterocycles. The molecular weight excluding hydrogens is 116 g/mol. The van der Waals surface area contributed by atoms with Gasteiger partial charge in [-0.1, -0.05) is 0 Å². The summed E-state index contributed by atoms with van der Waals surface area (Å²) in [6, 6.07) is 0. The Bertz CT molecular complexity index is 97.2. The van der Waals surface area contributed by atoms with Crippen LogP contribution in [0.5, 0.6) is 0 Å². The topological polar surface area (TPSA) is 26.2 Å². The Morgan fingerprint density at radius 2 is 2.00 bits per heavy atom. The van der Waals surface area contributed by atoms with Gasteiger partial charge in [-0.25, -0.2) is 0 Å². The number of hydrogen-bond donors (Lipinski definition) is 0. The molecular formula is C6H12N2O+. The second-order valence-electron chi connectivity index (χ2n) is 2.44. The maximum Gasteiger partial charge on any atom is 0.210 e. The highest BCUT2D eigenvalue weighted by Crippen LogP contribution is 1.91. The van der Waals surface area contributed by atoms with Gasteiger partial charge >= 0.3 is 0 Å². The third-order valence-electron chi connectivity index (χ3n) is 1.69. The van der Waals surface area contributed by atoms with Gasteiger partial charge in [0.2, 0.25) is 6.41 Å². The van der Waals surface area contributed by atoms with Crippen LogP contribution in [0.4, 0.5) is 0 Å². The second-order valence-corrected chi connectivity index (χ2v) is 2.44. The van der Waals surface area contributed by atoms with E-state index in [4.69, 9.17) is 0 Å². The van der Waals surface area contributed by atoms with Gasteiger partial charge in [0.05, 0.1) is 13.1 Å². The van der Waals surface area contributed by atoms with Crippen molar-refractivity contribution < 1.29 is 4.79 Å². The van der Waals surface area contributed by atoms with Crippen molar-refractivity contribution in [2.24, 2.45) is 0 Å². The lowest BCUT2D eigenvalue weighted by Crippen LogP contribution is -2.46. The highest BCUT2D eigenvalue weighted by Gasteiger charge is 2.17. The van der Waals surface area contributed by atoms with Crippen LogP contribution < -0.4 is 4.90 Å². The van der Waals surface area contributed by atoms with Gasteiger partial charge in [0.15, 0.2) is 0 Å². The lowest BCUT2D eigenvalue weighted by Gasteiger charge is -2.22. The van der Waals surface area contributed by atoms with Crippen molar-refractivity contribution >= 4 is 6.41 Å². The number of piperazine rings is 1.